The van der Waals surface area contributed by atoms with Crippen molar-refractivity contribution in [3.8, 4) is 16.3 Å². The van der Waals surface area contributed by atoms with Crippen LogP contribution in [0.4, 0.5) is 0 Å². The lowest BCUT2D eigenvalue weighted by atomic mass is 10.2. The second-order valence-corrected chi connectivity index (χ2v) is 7.96. The molecule has 0 bridgehead atoms. The van der Waals surface area contributed by atoms with Crippen molar-refractivity contribution in [3.63, 3.8) is 0 Å². The first-order chi connectivity index (χ1) is 9.41. The maximum Gasteiger partial charge on any atom is 0.272 e. The maximum atomic E-state index is 11.4. The fourth-order valence-corrected chi connectivity index (χ4v) is 4.10. The molecule has 0 atom stereocenters. The molecule has 1 aromatic heterocycles. The van der Waals surface area contributed by atoms with Crippen LogP contribution in [0.5, 0.6) is 5.75 Å². The lowest BCUT2D eigenvalue weighted by Gasteiger charge is -2.04. The Balaban J connectivity index is 2.28. The molecule has 0 saturated carbocycles. The van der Waals surface area contributed by atoms with E-state index in [1.165, 1.54) is 0 Å². The Morgan fingerprint density at radius 2 is 1.95 bits per heavy atom. The van der Waals surface area contributed by atoms with Crippen LogP contribution in [0.1, 0.15) is 19.0 Å². The molecule has 0 saturated heterocycles. The molecular formula is C13H14ClNO3S2. The van der Waals surface area contributed by atoms with Gasteiger partial charge in [0.2, 0.25) is 0 Å². The van der Waals surface area contributed by atoms with Crippen LogP contribution in [0.3, 0.4) is 0 Å². The molecule has 7 heteroatoms. The average molecular weight is 332 g/mol. The SMILES string of the molecule is CCCOc1ccc(-c2nc(C)c(S(=O)(=O)Cl)s2)cc1. The van der Waals surface area contributed by atoms with Crippen molar-refractivity contribution in [1.29, 1.82) is 0 Å². The number of rotatable bonds is 5. The number of halogens is 1. The molecular weight excluding hydrogens is 318 g/mol. The quantitative estimate of drug-likeness (QED) is 0.781. The standard InChI is InChI=1S/C13H14ClNO3S2/c1-3-8-18-11-6-4-10(5-7-11)12-15-9(2)13(19-12)20(14,16)17/h4-7H,3,8H2,1-2H3. The summed E-state index contributed by atoms with van der Waals surface area (Å²) in [5, 5.41) is 0.628. The van der Waals surface area contributed by atoms with Crippen molar-refractivity contribution in [2.75, 3.05) is 6.61 Å². The zero-order chi connectivity index (χ0) is 14.8. The van der Waals surface area contributed by atoms with Gasteiger partial charge < -0.3 is 4.74 Å². The van der Waals surface area contributed by atoms with Gasteiger partial charge in [-0.1, -0.05) is 6.92 Å². The van der Waals surface area contributed by atoms with Gasteiger partial charge in [-0.2, -0.15) is 0 Å². The minimum atomic E-state index is -3.74. The van der Waals surface area contributed by atoms with Crippen molar-refractivity contribution in [1.82, 2.24) is 4.98 Å². The lowest BCUT2D eigenvalue weighted by Crippen LogP contribution is -1.94. The summed E-state index contributed by atoms with van der Waals surface area (Å²) in [5.74, 6) is 0.786. The lowest BCUT2D eigenvalue weighted by molar-refractivity contribution is 0.317. The minimum Gasteiger partial charge on any atom is -0.494 e. The topological polar surface area (TPSA) is 56.3 Å². The molecule has 4 nitrogen and oxygen atoms in total. The van der Waals surface area contributed by atoms with Crippen molar-refractivity contribution < 1.29 is 13.2 Å². The van der Waals surface area contributed by atoms with E-state index >= 15 is 0 Å². The van der Waals surface area contributed by atoms with Gasteiger partial charge in [0.15, 0.2) is 4.21 Å². The Morgan fingerprint density at radius 3 is 2.45 bits per heavy atom. The smallest absolute Gasteiger partial charge is 0.272 e. The Kier molecular flexibility index (Phi) is 4.67. The number of aryl methyl sites for hydroxylation is 1. The molecule has 0 aliphatic rings. The van der Waals surface area contributed by atoms with Crippen LogP contribution in [-0.2, 0) is 9.05 Å². The molecule has 0 fully saturated rings. The third-order valence-corrected chi connectivity index (χ3v) is 5.93. The van der Waals surface area contributed by atoms with E-state index in [4.69, 9.17) is 15.4 Å². The van der Waals surface area contributed by atoms with Crippen LogP contribution in [0.2, 0.25) is 0 Å². The van der Waals surface area contributed by atoms with E-state index in [0.717, 1.165) is 29.1 Å². The third-order valence-electron chi connectivity index (χ3n) is 2.55. The minimum absolute atomic E-state index is 0.0977. The first-order valence-corrected chi connectivity index (χ1v) is 9.19. The van der Waals surface area contributed by atoms with E-state index < -0.39 is 9.05 Å². The second-order valence-electron chi connectivity index (χ2n) is 4.20. The Hall–Kier alpha value is -1.11. The number of hydrogen-bond donors (Lipinski definition) is 0. The highest BCUT2D eigenvalue weighted by atomic mass is 35.7. The normalized spacial score (nSPS) is 11.6. The second kappa shape index (κ2) is 6.11. The molecule has 0 spiro atoms. The molecule has 1 aromatic carbocycles. The van der Waals surface area contributed by atoms with Crippen LogP contribution in [0.15, 0.2) is 28.5 Å². The first kappa shape index (κ1) is 15.3. The van der Waals surface area contributed by atoms with Gasteiger partial charge in [0.1, 0.15) is 10.8 Å². The highest BCUT2D eigenvalue weighted by molar-refractivity contribution is 8.15. The van der Waals surface area contributed by atoms with Crippen LogP contribution in [0.25, 0.3) is 10.6 Å². The van der Waals surface area contributed by atoms with E-state index in [1.54, 1.807) is 6.92 Å². The van der Waals surface area contributed by atoms with Gasteiger partial charge in [0.05, 0.1) is 12.3 Å². The highest BCUT2D eigenvalue weighted by Gasteiger charge is 2.19. The monoisotopic (exact) mass is 331 g/mol. The van der Waals surface area contributed by atoms with Gasteiger partial charge in [0.25, 0.3) is 9.05 Å². The summed E-state index contributed by atoms with van der Waals surface area (Å²) in [5.41, 5.74) is 1.26. The van der Waals surface area contributed by atoms with Gasteiger partial charge >= 0.3 is 0 Å². The molecule has 0 aliphatic heterocycles. The number of hydrogen-bond acceptors (Lipinski definition) is 5. The molecule has 0 N–H and O–H groups in total. The Bertz CT molecular complexity index is 693. The molecule has 2 aromatic rings. The Morgan fingerprint density at radius 1 is 1.30 bits per heavy atom. The van der Waals surface area contributed by atoms with Crippen LogP contribution in [0, 0.1) is 6.92 Å². The van der Waals surface area contributed by atoms with Crippen molar-refractivity contribution in [2.24, 2.45) is 0 Å². The summed E-state index contributed by atoms with van der Waals surface area (Å²) in [6, 6.07) is 7.40. The van der Waals surface area contributed by atoms with Gasteiger partial charge in [-0.3, -0.25) is 0 Å². The maximum absolute atomic E-state index is 11.4. The van der Waals surface area contributed by atoms with E-state index in [1.807, 2.05) is 31.2 Å². The molecule has 108 valence electrons. The predicted molar refractivity (Wildman–Crippen MR) is 81.1 cm³/mol. The Labute approximate surface area is 126 Å². The summed E-state index contributed by atoms with van der Waals surface area (Å²) in [6.07, 6.45) is 0.949. The largest absolute Gasteiger partial charge is 0.494 e. The number of ether oxygens (including phenoxy) is 1. The van der Waals surface area contributed by atoms with E-state index in [0.29, 0.717) is 17.3 Å². The summed E-state index contributed by atoms with van der Waals surface area (Å²) >= 11 is 1.07. The van der Waals surface area contributed by atoms with Gasteiger partial charge in [-0.05, 0) is 37.6 Å². The molecule has 0 radical (unpaired) electrons. The zero-order valence-corrected chi connectivity index (χ0v) is 13.5. The molecule has 1 heterocycles. The number of benzene rings is 1. The fourth-order valence-electron chi connectivity index (χ4n) is 1.65. The number of nitrogens with zero attached hydrogens (tertiary/aromatic N) is 1. The van der Waals surface area contributed by atoms with E-state index in [9.17, 15) is 8.42 Å². The summed E-state index contributed by atoms with van der Waals surface area (Å²) in [6.45, 7) is 4.35. The first-order valence-electron chi connectivity index (χ1n) is 6.07. The zero-order valence-electron chi connectivity index (χ0n) is 11.1. The summed E-state index contributed by atoms with van der Waals surface area (Å²) in [7, 11) is 1.63. The van der Waals surface area contributed by atoms with Gasteiger partial charge in [-0.25, -0.2) is 13.4 Å². The third kappa shape index (κ3) is 3.50. The molecule has 0 amide bonds. The van der Waals surface area contributed by atoms with Crippen LogP contribution in [-0.4, -0.2) is 20.0 Å². The highest BCUT2D eigenvalue weighted by Crippen LogP contribution is 2.33. The van der Waals surface area contributed by atoms with E-state index in [2.05, 4.69) is 4.98 Å². The van der Waals surface area contributed by atoms with Crippen molar-refractivity contribution in [3.05, 3.63) is 30.0 Å². The summed E-state index contributed by atoms with van der Waals surface area (Å²) < 4.78 is 28.4. The van der Waals surface area contributed by atoms with Gasteiger partial charge in [0, 0.05) is 16.2 Å². The number of thiazole rings is 1. The molecule has 0 unspecified atom stereocenters. The van der Waals surface area contributed by atoms with Crippen LogP contribution >= 0.6 is 22.0 Å². The predicted octanol–water partition coefficient (Wildman–Crippen LogP) is 3.83. The van der Waals surface area contributed by atoms with Gasteiger partial charge in [-0.15, -0.1) is 11.3 Å². The number of aromatic nitrogens is 1. The van der Waals surface area contributed by atoms with E-state index in [-0.39, 0.29) is 4.21 Å². The average Bonchev–Trinajstić information content (AvgIpc) is 2.79. The molecule has 0 aliphatic carbocycles. The summed E-state index contributed by atoms with van der Waals surface area (Å²) in [4.78, 5) is 4.25. The molecule has 20 heavy (non-hydrogen) atoms. The van der Waals surface area contributed by atoms with Crippen molar-refractivity contribution in [2.45, 2.75) is 24.5 Å². The van der Waals surface area contributed by atoms with Crippen LogP contribution < -0.4 is 4.74 Å². The molecule has 2 rings (SSSR count). The van der Waals surface area contributed by atoms with Crippen molar-refractivity contribution >= 4 is 31.1 Å². The fraction of sp³-hybridized carbons (Fsp3) is 0.308.